The molecule has 0 aliphatic carbocycles. The van der Waals surface area contributed by atoms with Crippen molar-refractivity contribution in [2.75, 3.05) is 32.1 Å². The molecule has 4 nitrogen and oxygen atoms in total. The van der Waals surface area contributed by atoms with E-state index in [0.29, 0.717) is 6.61 Å². The maximum absolute atomic E-state index is 12.2. The van der Waals surface area contributed by atoms with Gasteiger partial charge in [-0.15, -0.1) is 0 Å². The number of methoxy groups -OCH3 is 1. The van der Waals surface area contributed by atoms with Gasteiger partial charge in [0.1, 0.15) is 0 Å². The zero-order valence-electron chi connectivity index (χ0n) is 10.8. The Morgan fingerprint density at radius 2 is 2.22 bits per heavy atom. The van der Waals surface area contributed by atoms with Crippen LogP contribution in [-0.2, 0) is 9.53 Å². The predicted molar refractivity (Wildman–Crippen MR) is 71.5 cm³/mol. The number of rotatable bonds is 5. The maximum atomic E-state index is 12.2. The first-order valence-electron chi connectivity index (χ1n) is 6.40. The summed E-state index contributed by atoms with van der Waals surface area (Å²) in [4.78, 5) is 14.4. The Hall–Kier alpha value is -1.39. The van der Waals surface area contributed by atoms with Gasteiger partial charge in [0.25, 0.3) is 0 Å². The summed E-state index contributed by atoms with van der Waals surface area (Å²) < 4.78 is 5.08. The molecule has 0 bridgehead atoms. The Bertz CT molecular complexity index is 381. The molecule has 1 unspecified atom stereocenters. The normalized spacial score (nSPS) is 19.9. The van der Waals surface area contributed by atoms with Crippen molar-refractivity contribution in [3.8, 4) is 0 Å². The van der Waals surface area contributed by atoms with Crippen molar-refractivity contribution in [1.29, 1.82) is 0 Å². The first kappa shape index (κ1) is 13.1. The molecule has 0 saturated carbocycles. The average Bonchev–Trinajstić information content (AvgIpc) is 2.86. The number of carbonyl (C=O) groups is 1. The summed E-state index contributed by atoms with van der Waals surface area (Å²) in [5.74, 6) is 0.0924. The standard InChI is InChI=1S/C14H20N2O2/c1-18-11-10-16-9-5-8-13(16)14(17)15-12-6-3-2-4-7-12/h2-4,6-7,13H,5,8-11H2,1H3,(H,15,17). The van der Waals surface area contributed by atoms with Crippen molar-refractivity contribution in [2.24, 2.45) is 0 Å². The first-order valence-corrected chi connectivity index (χ1v) is 6.40. The molecule has 1 atom stereocenters. The van der Waals surface area contributed by atoms with E-state index < -0.39 is 0 Å². The average molecular weight is 248 g/mol. The first-order chi connectivity index (χ1) is 8.81. The van der Waals surface area contributed by atoms with Crippen LogP contribution in [0.25, 0.3) is 0 Å². The van der Waals surface area contributed by atoms with E-state index in [9.17, 15) is 4.79 Å². The quantitative estimate of drug-likeness (QED) is 0.863. The van der Waals surface area contributed by atoms with Crippen molar-refractivity contribution < 1.29 is 9.53 Å². The van der Waals surface area contributed by atoms with Crippen molar-refractivity contribution in [3.05, 3.63) is 30.3 Å². The number of ether oxygens (including phenoxy) is 1. The second-order valence-electron chi connectivity index (χ2n) is 4.54. The Labute approximate surface area is 108 Å². The van der Waals surface area contributed by atoms with Crippen LogP contribution in [0.2, 0.25) is 0 Å². The van der Waals surface area contributed by atoms with E-state index >= 15 is 0 Å². The van der Waals surface area contributed by atoms with Gasteiger partial charge in [-0.05, 0) is 31.5 Å². The highest BCUT2D eigenvalue weighted by Gasteiger charge is 2.30. The third-order valence-electron chi connectivity index (χ3n) is 3.29. The fourth-order valence-electron chi connectivity index (χ4n) is 2.35. The van der Waals surface area contributed by atoms with Gasteiger partial charge < -0.3 is 10.1 Å². The molecule has 1 aliphatic rings. The van der Waals surface area contributed by atoms with Crippen LogP contribution in [0, 0.1) is 0 Å². The Morgan fingerprint density at radius 3 is 2.94 bits per heavy atom. The molecule has 2 rings (SSSR count). The summed E-state index contributed by atoms with van der Waals surface area (Å²) in [6.45, 7) is 2.48. The number of benzene rings is 1. The molecule has 1 amide bonds. The molecule has 1 saturated heterocycles. The highest BCUT2D eigenvalue weighted by Crippen LogP contribution is 2.18. The molecule has 1 aromatic rings. The van der Waals surface area contributed by atoms with E-state index in [4.69, 9.17) is 4.74 Å². The monoisotopic (exact) mass is 248 g/mol. The van der Waals surface area contributed by atoms with Crippen LogP contribution in [0.5, 0.6) is 0 Å². The van der Waals surface area contributed by atoms with E-state index in [1.807, 2.05) is 30.3 Å². The topological polar surface area (TPSA) is 41.6 Å². The van der Waals surface area contributed by atoms with Gasteiger partial charge in [-0.25, -0.2) is 0 Å². The van der Waals surface area contributed by atoms with Gasteiger partial charge in [-0.2, -0.15) is 0 Å². The van der Waals surface area contributed by atoms with Crippen LogP contribution in [0.1, 0.15) is 12.8 Å². The molecular formula is C14H20N2O2. The van der Waals surface area contributed by atoms with Gasteiger partial charge >= 0.3 is 0 Å². The molecule has 98 valence electrons. The summed E-state index contributed by atoms with van der Waals surface area (Å²) in [6, 6.07) is 9.59. The summed E-state index contributed by atoms with van der Waals surface area (Å²) in [6.07, 6.45) is 2.01. The zero-order chi connectivity index (χ0) is 12.8. The molecule has 1 fully saturated rings. The van der Waals surface area contributed by atoms with Gasteiger partial charge in [0, 0.05) is 19.3 Å². The molecule has 0 spiro atoms. The second kappa shape index (κ2) is 6.52. The summed E-state index contributed by atoms with van der Waals surface area (Å²) >= 11 is 0. The summed E-state index contributed by atoms with van der Waals surface area (Å²) in [7, 11) is 1.69. The highest BCUT2D eigenvalue weighted by atomic mass is 16.5. The fourth-order valence-corrected chi connectivity index (χ4v) is 2.35. The van der Waals surface area contributed by atoms with Gasteiger partial charge in [-0.1, -0.05) is 18.2 Å². The van der Waals surface area contributed by atoms with Crippen molar-refractivity contribution >= 4 is 11.6 Å². The van der Waals surface area contributed by atoms with Gasteiger partial charge in [-0.3, -0.25) is 9.69 Å². The molecule has 4 heteroatoms. The molecule has 1 heterocycles. The van der Waals surface area contributed by atoms with Crippen LogP contribution in [0.15, 0.2) is 30.3 Å². The minimum atomic E-state index is -0.0136. The fraction of sp³-hybridized carbons (Fsp3) is 0.500. The van der Waals surface area contributed by atoms with E-state index in [2.05, 4.69) is 10.2 Å². The molecular weight excluding hydrogens is 228 g/mol. The van der Waals surface area contributed by atoms with Crippen LogP contribution in [-0.4, -0.2) is 43.7 Å². The molecule has 1 aliphatic heterocycles. The Balaban J connectivity index is 1.91. The third-order valence-corrected chi connectivity index (χ3v) is 3.29. The number of carbonyl (C=O) groups excluding carboxylic acids is 1. The predicted octanol–water partition coefficient (Wildman–Crippen LogP) is 1.74. The van der Waals surface area contributed by atoms with Crippen LogP contribution < -0.4 is 5.32 Å². The molecule has 1 aromatic carbocycles. The Kier molecular flexibility index (Phi) is 4.73. The maximum Gasteiger partial charge on any atom is 0.241 e. The summed E-state index contributed by atoms with van der Waals surface area (Å²) in [5, 5.41) is 2.97. The molecule has 0 radical (unpaired) electrons. The van der Waals surface area contributed by atoms with Gasteiger partial charge in [0.2, 0.25) is 5.91 Å². The number of nitrogens with zero attached hydrogens (tertiary/aromatic N) is 1. The largest absolute Gasteiger partial charge is 0.383 e. The SMILES string of the molecule is COCCN1CCCC1C(=O)Nc1ccccc1. The minimum Gasteiger partial charge on any atom is -0.383 e. The summed E-state index contributed by atoms with van der Waals surface area (Å²) in [5.41, 5.74) is 0.862. The van der Waals surface area contributed by atoms with Crippen LogP contribution in [0.4, 0.5) is 5.69 Å². The number of amides is 1. The van der Waals surface area contributed by atoms with Crippen molar-refractivity contribution in [3.63, 3.8) is 0 Å². The lowest BCUT2D eigenvalue weighted by Crippen LogP contribution is -2.41. The Morgan fingerprint density at radius 1 is 1.44 bits per heavy atom. The lowest BCUT2D eigenvalue weighted by molar-refractivity contribution is -0.120. The van der Waals surface area contributed by atoms with Gasteiger partial charge in [0.05, 0.1) is 12.6 Å². The lowest BCUT2D eigenvalue weighted by Gasteiger charge is -2.23. The van der Waals surface area contributed by atoms with E-state index in [1.54, 1.807) is 7.11 Å². The lowest BCUT2D eigenvalue weighted by atomic mass is 10.2. The smallest absolute Gasteiger partial charge is 0.241 e. The minimum absolute atomic E-state index is 0.0136. The number of likely N-dealkylation sites (tertiary alicyclic amines) is 1. The van der Waals surface area contributed by atoms with Crippen molar-refractivity contribution in [1.82, 2.24) is 4.90 Å². The molecule has 1 N–H and O–H groups in total. The number of hydrogen-bond donors (Lipinski definition) is 1. The number of anilines is 1. The molecule has 0 aromatic heterocycles. The zero-order valence-corrected chi connectivity index (χ0v) is 10.8. The van der Waals surface area contributed by atoms with Crippen LogP contribution >= 0.6 is 0 Å². The van der Waals surface area contributed by atoms with E-state index in [1.165, 1.54) is 0 Å². The van der Waals surface area contributed by atoms with Gasteiger partial charge in [0.15, 0.2) is 0 Å². The van der Waals surface area contributed by atoms with Crippen LogP contribution in [0.3, 0.4) is 0 Å². The highest BCUT2D eigenvalue weighted by molar-refractivity contribution is 5.94. The number of hydrogen-bond acceptors (Lipinski definition) is 3. The van der Waals surface area contributed by atoms with Crippen molar-refractivity contribution in [2.45, 2.75) is 18.9 Å². The third kappa shape index (κ3) is 3.31. The molecule has 18 heavy (non-hydrogen) atoms. The second-order valence-corrected chi connectivity index (χ2v) is 4.54. The number of para-hydroxylation sites is 1. The number of nitrogens with one attached hydrogen (secondary N) is 1. The van der Waals surface area contributed by atoms with E-state index in [-0.39, 0.29) is 11.9 Å². The van der Waals surface area contributed by atoms with E-state index in [0.717, 1.165) is 31.6 Å².